The number of ether oxygens (including phenoxy) is 1. The molecule has 0 saturated carbocycles. The van der Waals surface area contributed by atoms with Crippen LogP contribution >= 0.6 is 0 Å². The average Bonchev–Trinajstić information content (AvgIpc) is 2.71. The predicted molar refractivity (Wildman–Crippen MR) is 62.7 cm³/mol. The van der Waals surface area contributed by atoms with Gasteiger partial charge in [0.05, 0.1) is 12.8 Å². The lowest BCUT2D eigenvalue weighted by Crippen LogP contribution is -2.03. The third-order valence-corrected chi connectivity index (χ3v) is 2.54. The number of rotatable bonds is 3. The van der Waals surface area contributed by atoms with Crippen molar-refractivity contribution < 1.29 is 9.53 Å². The average molecular weight is 231 g/mol. The quantitative estimate of drug-likeness (QED) is 0.755. The Bertz CT molecular complexity index is 561. The maximum atomic E-state index is 11.3. The molecule has 17 heavy (non-hydrogen) atoms. The molecule has 0 fully saturated rings. The fraction of sp³-hybridized carbons (Fsp3) is 0.250. The molecule has 2 rings (SSSR count). The van der Waals surface area contributed by atoms with Gasteiger partial charge in [-0.25, -0.2) is 4.68 Å². The summed E-state index contributed by atoms with van der Waals surface area (Å²) in [6, 6.07) is 7.46. The van der Waals surface area contributed by atoms with Crippen molar-refractivity contribution >= 4 is 5.78 Å². The van der Waals surface area contributed by atoms with Gasteiger partial charge in [-0.2, -0.15) is 0 Å². The normalized spacial score (nSPS) is 10.3. The molecule has 0 spiro atoms. The fourth-order valence-corrected chi connectivity index (χ4v) is 1.69. The van der Waals surface area contributed by atoms with Crippen LogP contribution in [0.2, 0.25) is 0 Å². The summed E-state index contributed by atoms with van der Waals surface area (Å²) in [5.41, 5.74) is 1.87. The fourth-order valence-electron chi connectivity index (χ4n) is 1.69. The first-order chi connectivity index (χ1) is 8.15. The zero-order valence-electron chi connectivity index (χ0n) is 9.97. The minimum absolute atomic E-state index is 0.0938. The number of methoxy groups -OCH3 is 1. The minimum atomic E-state index is -0.0938. The molecule has 0 aliphatic carbocycles. The Kier molecular flexibility index (Phi) is 2.91. The molecule has 88 valence electrons. The van der Waals surface area contributed by atoms with Gasteiger partial charge in [-0.1, -0.05) is 17.3 Å². The van der Waals surface area contributed by atoms with Crippen LogP contribution in [0, 0.1) is 6.92 Å². The summed E-state index contributed by atoms with van der Waals surface area (Å²) < 4.78 is 6.86. The van der Waals surface area contributed by atoms with Crippen LogP contribution in [0.4, 0.5) is 0 Å². The highest BCUT2D eigenvalue weighted by atomic mass is 16.5. The van der Waals surface area contributed by atoms with Crippen LogP contribution in [0.5, 0.6) is 5.75 Å². The van der Waals surface area contributed by atoms with Crippen molar-refractivity contribution in [2.45, 2.75) is 13.8 Å². The Morgan fingerprint density at radius 2 is 2.06 bits per heavy atom. The van der Waals surface area contributed by atoms with Gasteiger partial charge in [0.25, 0.3) is 0 Å². The van der Waals surface area contributed by atoms with Crippen molar-refractivity contribution in [2.24, 2.45) is 0 Å². The van der Waals surface area contributed by atoms with Gasteiger partial charge in [-0.3, -0.25) is 4.79 Å². The molecular formula is C12H13N3O2. The highest BCUT2D eigenvalue weighted by Crippen LogP contribution is 2.23. The monoisotopic (exact) mass is 231 g/mol. The van der Waals surface area contributed by atoms with E-state index in [1.807, 2.05) is 31.2 Å². The van der Waals surface area contributed by atoms with Crippen LogP contribution in [0.15, 0.2) is 24.3 Å². The Hall–Kier alpha value is -2.17. The van der Waals surface area contributed by atoms with Crippen molar-refractivity contribution in [3.8, 4) is 11.4 Å². The Morgan fingerprint density at radius 3 is 2.65 bits per heavy atom. The maximum Gasteiger partial charge on any atom is 0.181 e. The smallest absolute Gasteiger partial charge is 0.181 e. The van der Waals surface area contributed by atoms with Crippen LogP contribution in [-0.2, 0) is 0 Å². The van der Waals surface area contributed by atoms with Crippen LogP contribution < -0.4 is 4.74 Å². The SMILES string of the molecule is COc1ccccc1-n1nnc(C(C)=O)c1C. The second kappa shape index (κ2) is 4.37. The predicted octanol–water partition coefficient (Wildman–Crippen LogP) is 1.79. The van der Waals surface area contributed by atoms with Crippen LogP contribution in [0.1, 0.15) is 23.1 Å². The van der Waals surface area contributed by atoms with Gasteiger partial charge in [0.1, 0.15) is 11.4 Å². The summed E-state index contributed by atoms with van der Waals surface area (Å²) in [4.78, 5) is 11.3. The number of aromatic nitrogens is 3. The molecule has 0 N–H and O–H groups in total. The molecule has 0 atom stereocenters. The Morgan fingerprint density at radius 1 is 1.35 bits per heavy atom. The van der Waals surface area contributed by atoms with E-state index in [4.69, 9.17) is 4.74 Å². The third kappa shape index (κ3) is 1.91. The molecule has 1 aromatic heterocycles. The topological polar surface area (TPSA) is 57.0 Å². The van der Waals surface area contributed by atoms with E-state index in [9.17, 15) is 4.79 Å². The summed E-state index contributed by atoms with van der Waals surface area (Å²) in [5, 5.41) is 7.86. The number of hydrogen-bond acceptors (Lipinski definition) is 4. The Balaban J connectivity index is 2.57. The van der Waals surface area contributed by atoms with E-state index in [1.165, 1.54) is 6.92 Å². The van der Waals surface area contributed by atoms with E-state index in [0.29, 0.717) is 17.1 Å². The van der Waals surface area contributed by atoms with Crippen molar-refractivity contribution in [1.29, 1.82) is 0 Å². The molecule has 5 heteroatoms. The molecule has 0 radical (unpaired) electrons. The number of nitrogens with zero attached hydrogens (tertiary/aromatic N) is 3. The lowest BCUT2D eigenvalue weighted by Gasteiger charge is -2.08. The van der Waals surface area contributed by atoms with Crippen LogP contribution in [0.3, 0.4) is 0 Å². The van der Waals surface area contributed by atoms with Crippen molar-refractivity contribution in [3.05, 3.63) is 35.7 Å². The lowest BCUT2D eigenvalue weighted by molar-refractivity contribution is 0.101. The van der Waals surface area contributed by atoms with E-state index < -0.39 is 0 Å². The van der Waals surface area contributed by atoms with E-state index in [1.54, 1.807) is 11.8 Å². The molecule has 0 aliphatic heterocycles. The molecule has 0 unspecified atom stereocenters. The summed E-state index contributed by atoms with van der Waals surface area (Å²) in [5.74, 6) is 0.597. The van der Waals surface area contributed by atoms with Crippen molar-refractivity contribution in [2.75, 3.05) is 7.11 Å². The highest BCUT2D eigenvalue weighted by Gasteiger charge is 2.15. The first kappa shape index (κ1) is 11.3. The number of Topliss-reactive ketones (excluding diaryl/α,β-unsaturated/α-hetero) is 1. The van der Waals surface area contributed by atoms with Gasteiger partial charge in [-0.15, -0.1) is 5.10 Å². The summed E-state index contributed by atoms with van der Waals surface area (Å²) >= 11 is 0. The van der Waals surface area contributed by atoms with Gasteiger partial charge in [0.15, 0.2) is 11.5 Å². The zero-order valence-corrected chi connectivity index (χ0v) is 9.97. The van der Waals surface area contributed by atoms with Crippen molar-refractivity contribution in [3.63, 3.8) is 0 Å². The lowest BCUT2D eigenvalue weighted by atomic mass is 10.2. The molecular weight excluding hydrogens is 218 g/mol. The van der Waals surface area contributed by atoms with Crippen LogP contribution in [0.25, 0.3) is 5.69 Å². The second-order valence-corrected chi connectivity index (χ2v) is 3.66. The number of hydrogen-bond donors (Lipinski definition) is 0. The van der Waals surface area contributed by atoms with Crippen molar-refractivity contribution in [1.82, 2.24) is 15.0 Å². The number of para-hydroxylation sites is 2. The molecule has 0 saturated heterocycles. The van der Waals surface area contributed by atoms with E-state index >= 15 is 0 Å². The van der Waals surface area contributed by atoms with Gasteiger partial charge >= 0.3 is 0 Å². The number of benzene rings is 1. The molecule has 0 aliphatic rings. The van der Waals surface area contributed by atoms with E-state index in [0.717, 1.165) is 5.69 Å². The molecule has 0 amide bonds. The van der Waals surface area contributed by atoms with Gasteiger partial charge in [0, 0.05) is 6.92 Å². The molecule has 2 aromatic rings. The molecule has 5 nitrogen and oxygen atoms in total. The minimum Gasteiger partial charge on any atom is -0.494 e. The molecule has 0 bridgehead atoms. The highest BCUT2D eigenvalue weighted by molar-refractivity contribution is 5.93. The number of carbonyl (C=O) groups is 1. The summed E-state index contributed by atoms with van der Waals surface area (Å²) in [6.45, 7) is 3.28. The van der Waals surface area contributed by atoms with Gasteiger partial charge < -0.3 is 4.74 Å². The zero-order chi connectivity index (χ0) is 12.4. The first-order valence-electron chi connectivity index (χ1n) is 5.21. The number of carbonyl (C=O) groups excluding carboxylic acids is 1. The third-order valence-electron chi connectivity index (χ3n) is 2.54. The number of ketones is 1. The second-order valence-electron chi connectivity index (χ2n) is 3.66. The van der Waals surface area contributed by atoms with Gasteiger partial charge in [-0.05, 0) is 19.1 Å². The largest absolute Gasteiger partial charge is 0.494 e. The van der Waals surface area contributed by atoms with Crippen LogP contribution in [-0.4, -0.2) is 27.9 Å². The first-order valence-corrected chi connectivity index (χ1v) is 5.21. The van der Waals surface area contributed by atoms with Gasteiger partial charge in [0.2, 0.25) is 0 Å². The molecule has 1 aromatic carbocycles. The maximum absolute atomic E-state index is 11.3. The van der Waals surface area contributed by atoms with E-state index in [-0.39, 0.29) is 5.78 Å². The summed E-state index contributed by atoms with van der Waals surface area (Å²) in [6.07, 6.45) is 0. The summed E-state index contributed by atoms with van der Waals surface area (Å²) in [7, 11) is 1.59. The van der Waals surface area contributed by atoms with E-state index in [2.05, 4.69) is 10.3 Å². The Labute approximate surface area is 99.0 Å². The molecule has 1 heterocycles. The standard InChI is InChI=1S/C12H13N3O2/c1-8-12(9(2)16)13-14-15(8)10-6-4-5-7-11(10)17-3/h4-7H,1-3H3.